The molecule has 0 saturated carbocycles. The van der Waals surface area contributed by atoms with Crippen LogP contribution in [0.5, 0.6) is 5.75 Å². The van der Waals surface area contributed by atoms with Crippen molar-refractivity contribution in [2.75, 3.05) is 0 Å². The quantitative estimate of drug-likeness (QED) is 0.846. The van der Waals surface area contributed by atoms with Crippen LogP contribution >= 0.6 is 27.3 Å². The summed E-state index contributed by atoms with van der Waals surface area (Å²) in [7, 11) is 0. The Bertz CT molecular complexity index is 613. The molecule has 1 aromatic carbocycles. The number of amides is 1. The largest absolute Gasteiger partial charge is 0.480 e. The summed E-state index contributed by atoms with van der Waals surface area (Å²) in [6.07, 6.45) is -0.550. The lowest BCUT2D eigenvalue weighted by atomic mass is 10.2. The van der Waals surface area contributed by atoms with Gasteiger partial charge in [-0.3, -0.25) is 4.79 Å². The van der Waals surface area contributed by atoms with Gasteiger partial charge in [0, 0.05) is 4.88 Å². The van der Waals surface area contributed by atoms with E-state index in [1.165, 1.54) is 0 Å². The Morgan fingerprint density at radius 2 is 2.10 bits per heavy atom. The van der Waals surface area contributed by atoms with E-state index in [0.29, 0.717) is 5.75 Å². The normalized spacial score (nSPS) is 13.5. The van der Waals surface area contributed by atoms with Crippen molar-refractivity contribution in [1.29, 1.82) is 0 Å². The predicted molar refractivity (Wildman–Crippen MR) is 89.8 cm³/mol. The van der Waals surface area contributed by atoms with Crippen LogP contribution in [0, 0.1) is 6.92 Å². The van der Waals surface area contributed by atoms with Gasteiger partial charge in [-0.1, -0.05) is 12.1 Å². The third kappa shape index (κ3) is 4.32. The van der Waals surface area contributed by atoms with Crippen molar-refractivity contribution >= 4 is 33.2 Å². The first-order valence-electron chi connectivity index (χ1n) is 6.74. The van der Waals surface area contributed by atoms with E-state index in [4.69, 9.17) is 4.74 Å². The molecule has 5 heteroatoms. The number of carbonyl (C=O) groups excluding carboxylic acids is 1. The van der Waals surface area contributed by atoms with Crippen molar-refractivity contribution in [3.63, 3.8) is 0 Å². The first-order chi connectivity index (χ1) is 9.97. The number of thiophene rings is 1. The fraction of sp³-hybridized carbons (Fsp3) is 0.312. The maximum atomic E-state index is 12.2. The summed E-state index contributed by atoms with van der Waals surface area (Å²) in [4.78, 5) is 13.3. The highest BCUT2D eigenvalue weighted by Gasteiger charge is 2.19. The Balaban J connectivity index is 1.96. The number of hydrogen-bond acceptors (Lipinski definition) is 3. The molecule has 1 heterocycles. The molecular formula is C16H18BrNO2S. The highest BCUT2D eigenvalue weighted by Crippen LogP contribution is 2.27. The van der Waals surface area contributed by atoms with Gasteiger partial charge < -0.3 is 10.1 Å². The number of nitrogens with one attached hydrogen (secondary N) is 1. The molecule has 0 aliphatic heterocycles. The first kappa shape index (κ1) is 16.0. The third-order valence-corrected chi connectivity index (χ3v) is 4.76. The summed E-state index contributed by atoms with van der Waals surface area (Å²) >= 11 is 5.08. The van der Waals surface area contributed by atoms with Crippen LogP contribution in [0.3, 0.4) is 0 Å². The van der Waals surface area contributed by atoms with Gasteiger partial charge in [0.25, 0.3) is 5.91 Å². The molecule has 2 aromatic rings. The molecule has 0 bridgehead atoms. The average molecular weight is 368 g/mol. The monoisotopic (exact) mass is 367 g/mol. The Labute approximate surface area is 137 Å². The van der Waals surface area contributed by atoms with Crippen LogP contribution in [0.2, 0.25) is 0 Å². The molecule has 112 valence electrons. The van der Waals surface area contributed by atoms with Crippen LogP contribution in [0.15, 0.2) is 40.2 Å². The summed E-state index contributed by atoms with van der Waals surface area (Å²) in [6, 6.07) is 9.77. The zero-order valence-corrected chi connectivity index (χ0v) is 14.6. The lowest BCUT2D eigenvalue weighted by Gasteiger charge is -2.18. The van der Waals surface area contributed by atoms with E-state index in [2.05, 4.69) is 21.2 Å². The molecule has 2 rings (SSSR count). The summed E-state index contributed by atoms with van der Waals surface area (Å²) in [5.74, 6) is 0.551. The van der Waals surface area contributed by atoms with Crippen molar-refractivity contribution < 1.29 is 9.53 Å². The Morgan fingerprint density at radius 3 is 2.71 bits per heavy atom. The zero-order chi connectivity index (χ0) is 15.4. The Hall–Kier alpha value is -1.33. The molecule has 1 aromatic heterocycles. The molecule has 0 aliphatic rings. The number of aryl methyl sites for hydroxylation is 1. The summed E-state index contributed by atoms with van der Waals surface area (Å²) in [5.41, 5.74) is 1.14. The SMILES string of the molecule is Cc1ccc(O[C@H](C)C(=O)N[C@@H](C)c2cccs2)c(Br)c1. The standard InChI is InChI=1S/C16H18BrNO2S/c1-10-6-7-14(13(17)9-10)20-12(3)16(19)18-11(2)15-5-4-8-21-15/h4-9,11-12H,1-3H3,(H,18,19)/t11-,12+/m0/s1. The highest BCUT2D eigenvalue weighted by molar-refractivity contribution is 9.10. The number of benzene rings is 1. The minimum absolute atomic E-state index is 0.00925. The molecule has 3 nitrogen and oxygen atoms in total. The Morgan fingerprint density at radius 1 is 1.33 bits per heavy atom. The van der Waals surface area contributed by atoms with Crippen molar-refractivity contribution in [3.05, 3.63) is 50.6 Å². The lowest BCUT2D eigenvalue weighted by molar-refractivity contribution is -0.127. The fourth-order valence-electron chi connectivity index (χ4n) is 1.88. The highest BCUT2D eigenvalue weighted by atomic mass is 79.9. The van der Waals surface area contributed by atoms with Crippen molar-refractivity contribution in [2.24, 2.45) is 0 Å². The third-order valence-electron chi connectivity index (χ3n) is 3.09. The summed E-state index contributed by atoms with van der Waals surface area (Å²) in [6.45, 7) is 5.73. The van der Waals surface area contributed by atoms with Gasteiger partial charge in [0.1, 0.15) is 5.75 Å². The molecule has 1 N–H and O–H groups in total. The lowest BCUT2D eigenvalue weighted by Crippen LogP contribution is -2.37. The zero-order valence-electron chi connectivity index (χ0n) is 12.2. The van der Waals surface area contributed by atoms with E-state index in [0.717, 1.165) is 14.9 Å². The predicted octanol–water partition coefficient (Wildman–Crippen LogP) is 4.46. The number of hydrogen-bond donors (Lipinski definition) is 1. The van der Waals surface area contributed by atoms with Crippen LogP contribution < -0.4 is 10.1 Å². The molecule has 21 heavy (non-hydrogen) atoms. The van der Waals surface area contributed by atoms with Gasteiger partial charge in [0.2, 0.25) is 0 Å². The van der Waals surface area contributed by atoms with Crippen LogP contribution in [-0.4, -0.2) is 12.0 Å². The van der Waals surface area contributed by atoms with E-state index in [1.54, 1.807) is 18.3 Å². The fourth-order valence-corrected chi connectivity index (χ4v) is 3.21. The second-order valence-electron chi connectivity index (χ2n) is 4.94. The molecule has 1 amide bonds. The second kappa shape index (κ2) is 7.09. The summed E-state index contributed by atoms with van der Waals surface area (Å²) in [5, 5.41) is 4.97. The van der Waals surface area contributed by atoms with Gasteiger partial charge in [-0.2, -0.15) is 0 Å². The van der Waals surface area contributed by atoms with Crippen molar-refractivity contribution in [3.8, 4) is 5.75 Å². The number of rotatable bonds is 5. The molecule has 0 spiro atoms. The molecular weight excluding hydrogens is 350 g/mol. The molecule has 0 unspecified atom stereocenters. The van der Waals surface area contributed by atoms with Crippen LogP contribution in [0.1, 0.15) is 30.3 Å². The van der Waals surface area contributed by atoms with Crippen LogP contribution in [0.4, 0.5) is 0 Å². The molecule has 0 aliphatic carbocycles. The minimum Gasteiger partial charge on any atom is -0.480 e. The van der Waals surface area contributed by atoms with Gasteiger partial charge in [0.15, 0.2) is 6.10 Å². The summed E-state index contributed by atoms with van der Waals surface area (Å²) < 4.78 is 6.58. The number of ether oxygens (including phenoxy) is 1. The van der Waals surface area contributed by atoms with E-state index < -0.39 is 6.10 Å². The van der Waals surface area contributed by atoms with Crippen LogP contribution in [0.25, 0.3) is 0 Å². The van der Waals surface area contributed by atoms with Gasteiger partial charge in [-0.15, -0.1) is 11.3 Å². The van der Waals surface area contributed by atoms with Gasteiger partial charge >= 0.3 is 0 Å². The number of carbonyl (C=O) groups is 1. The van der Waals surface area contributed by atoms with Crippen LogP contribution in [-0.2, 0) is 4.79 Å². The molecule has 0 saturated heterocycles. The molecule has 2 atom stereocenters. The Kier molecular flexibility index (Phi) is 5.42. The smallest absolute Gasteiger partial charge is 0.261 e. The van der Waals surface area contributed by atoms with E-state index in [9.17, 15) is 4.79 Å². The maximum absolute atomic E-state index is 12.2. The second-order valence-corrected chi connectivity index (χ2v) is 6.77. The van der Waals surface area contributed by atoms with E-state index in [-0.39, 0.29) is 11.9 Å². The average Bonchev–Trinajstić information content (AvgIpc) is 2.95. The number of halogens is 1. The van der Waals surface area contributed by atoms with E-state index in [1.807, 2.05) is 49.6 Å². The minimum atomic E-state index is -0.550. The van der Waals surface area contributed by atoms with Crippen molar-refractivity contribution in [1.82, 2.24) is 5.32 Å². The maximum Gasteiger partial charge on any atom is 0.261 e. The van der Waals surface area contributed by atoms with Gasteiger partial charge in [-0.25, -0.2) is 0 Å². The molecule has 0 radical (unpaired) electrons. The van der Waals surface area contributed by atoms with Crippen molar-refractivity contribution in [2.45, 2.75) is 32.9 Å². The van der Waals surface area contributed by atoms with Gasteiger partial charge in [-0.05, 0) is 65.8 Å². The first-order valence-corrected chi connectivity index (χ1v) is 8.41. The van der Waals surface area contributed by atoms with E-state index >= 15 is 0 Å². The topological polar surface area (TPSA) is 38.3 Å². The van der Waals surface area contributed by atoms with Gasteiger partial charge in [0.05, 0.1) is 10.5 Å². The molecule has 0 fully saturated rings.